The molecule has 0 atom stereocenters. The molecular formula is C24H39BrN2O2. The third kappa shape index (κ3) is 5.97. The van der Waals surface area contributed by atoms with Crippen LogP contribution in [0.15, 0.2) is 22.7 Å². The molecule has 1 saturated carbocycles. The van der Waals surface area contributed by atoms with Gasteiger partial charge < -0.3 is 15.0 Å². The van der Waals surface area contributed by atoms with Crippen molar-refractivity contribution in [2.75, 3.05) is 33.3 Å². The summed E-state index contributed by atoms with van der Waals surface area (Å²) in [6.07, 6.45) is 4.34. The number of benzene rings is 1. The van der Waals surface area contributed by atoms with Gasteiger partial charge in [-0.25, -0.2) is 0 Å². The van der Waals surface area contributed by atoms with Crippen molar-refractivity contribution in [2.24, 2.45) is 16.7 Å². The molecule has 1 aliphatic carbocycles. The molecule has 1 aromatic carbocycles. The van der Waals surface area contributed by atoms with Gasteiger partial charge in [0.2, 0.25) is 5.91 Å². The molecule has 164 valence electrons. The molecule has 0 saturated heterocycles. The third-order valence-corrected chi connectivity index (χ3v) is 7.58. The molecule has 1 aliphatic rings. The number of unbranched alkanes of at least 4 members (excludes halogenated alkanes) is 1. The molecule has 0 aliphatic heterocycles. The Kier molecular flexibility index (Phi) is 8.59. The fourth-order valence-corrected chi connectivity index (χ4v) is 5.02. The van der Waals surface area contributed by atoms with Gasteiger partial charge in [-0.3, -0.25) is 4.79 Å². The topological polar surface area (TPSA) is 41.6 Å². The van der Waals surface area contributed by atoms with E-state index in [-0.39, 0.29) is 22.7 Å². The third-order valence-electron chi connectivity index (χ3n) is 6.96. The lowest BCUT2D eigenvalue weighted by atomic mass is 10.0. The summed E-state index contributed by atoms with van der Waals surface area (Å²) in [5.41, 5.74) is 1.55. The number of carbonyl (C=O) groups excluding carboxylic acids is 1. The Morgan fingerprint density at radius 1 is 1.14 bits per heavy atom. The van der Waals surface area contributed by atoms with Crippen LogP contribution in [0, 0.1) is 16.7 Å². The van der Waals surface area contributed by atoms with Crippen molar-refractivity contribution in [3.05, 3.63) is 28.2 Å². The summed E-state index contributed by atoms with van der Waals surface area (Å²) in [5, 5.41) is 3.16. The Balaban J connectivity index is 1.69. The standard InChI is InChI=1S/C24H39BrN2O2/c1-7-14-27(16-12-18-10-11-20(29-6)19(25)17-18)15-9-8-13-26-22(28)21-23(2,3)24(21,4)5/h10-11,17,21H,7-9,12-16H2,1-6H3,(H,26,28). The van der Waals surface area contributed by atoms with Gasteiger partial charge in [0.05, 0.1) is 11.6 Å². The Morgan fingerprint density at radius 3 is 2.38 bits per heavy atom. The summed E-state index contributed by atoms with van der Waals surface area (Å²) in [4.78, 5) is 15.0. The minimum absolute atomic E-state index is 0.117. The van der Waals surface area contributed by atoms with E-state index >= 15 is 0 Å². The molecule has 5 heteroatoms. The number of hydrogen-bond acceptors (Lipinski definition) is 3. The zero-order valence-electron chi connectivity index (χ0n) is 19.1. The van der Waals surface area contributed by atoms with Crippen molar-refractivity contribution < 1.29 is 9.53 Å². The van der Waals surface area contributed by atoms with Gasteiger partial charge >= 0.3 is 0 Å². The zero-order valence-corrected chi connectivity index (χ0v) is 20.7. The Labute approximate surface area is 185 Å². The normalized spacial score (nSPS) is 17.4. The number of ether oxygens (including phenoxy) is 1. The van der Waals surface area contributed by atoms with E-state index in [1.54, 1.807) is 7.11 Å². The summed E-state index contributed by atoms with van der Waals surface area (Å²) >= 11 is 3.57. The number of amides is 1. The van der Waals surface area contributed by atoms with Crippen molar-refractivity contribution in [3.63, 3.8) is 0 Å². The van der Waals surface area contributed by atoms with Crippen molar-refractivity contribution in [1.29, 1.82) is 0 Å². The molecule has 1 amide bonds. The second kappa shape index (κ2) is 10.3. The first-order chi connectivity index (χ1) is 13.6. The smallest absolute Gasteiger partial charge is 0.224 e. The van der Waals surface area contributed by atoms with Crippen LogP contribution in [0.25, 0.3) is 0 Å². The SMILES string of the molecule is CCCN(CCCCNC(=O)C1C(C)(C)C1(C)C)CCc1ccc(OC)c(Br)c1. The first-order valence-electron chi connectivity index (χ1n) is 11.0. The van der Waals surface area contributed by atoms with Gasteiger partial charge in [-0.15, -0.1) is 0 Å². The highest BCUT2D eigenvalue weighted by Crippen LogP contribution is 2.68. The largest absolute Gasteiger partial charge is 0.496 e. The Bertz CT molecular complexity index is 673. The second-order valence-electron chi connectivity index (χ2n) is 9.44. The van der Waals surface area contributed by atoms with E-state index in [0.717, 1.165) is 62.1 Å². The minimum Gasteiger partial charge on any atom is -0.496 e. The number of halogens is 1. The number of nitrogens with one attached hydrogen (secondary N) is 1. The van der Waals surface area contributed by atoms with Crippen molar-refractivity contribution in [1.82, 2.24) is 10.2 Å². The van der Waals surface area contributed by atoms with Crippen LogP contribution in [0.4, 0.5) is 0 Å². The Morgan fingerprint density at radius 2 is 1.83 bits per heavy atom. The molecular weight excluding hydrogens is 428 g/mol. The van der Waals surface area contributed by atoms with Gasteiger partial charge in [0.25, 0.3) is 0 Å². The van der Waals surface area contributed by atoms with Gasteiger partial charge in [-0.05, 0) is 83.2 Å². The average Bonchev–Trinajstić information content (AvgIpc) is 3.07. The molecule has 29 heavy (non-hydrogen) atoms. The number of nitrogens with zero attached hydrogens (tertiary/aromatic N) is 1. The van der Waals surface area contributed by atoms with E-state index in [0.29, 0.717) is 0 Å². The highest BCUT2D eigenvalue weighted by molar-refractivity contribution is 9.10. The van der Waals surface area contributed by atoms with E-state index < -0.39 is 0 Å². The predicted molar refractivity (Wildman–Crippen MR) is 124 cm³/mol. The fourth-order valence-electron chi connectivity index (χ4n) is 4.43. The Hall–Kier alpha value is -1.07. The summed E-state index contributed by atoms with van der Waals surface area (Å²) in [7, 11) is 1.69. The second-order valence-corrected chi connectivity index (χ2v) is 10.3. The molecule has 0 radical (unpaired) electrons. The van der Waals surface area contributed by atoms with Gasteiger partial charge in [0.15, 0.2) is 0 Å². The van der Waals surface area contributed by atoms with Crippen molar-refractivity contribution in [2.45, 2.75) is 60.3 Å². The highest BCUT2D eigenvalue weighted by atomic mass is 79.9. The molecule has 0 heterocycles. The number of carbonyl (C=O) groups is 1. The molecule has 1 N–H and O–H groups in total. The molecule has 0 spiro atoms. The first kappa shape index (κ1) is 24.2. The van der Waals surface area contributed by atoms with Crippen molar-refractivity contribution >= 4 is 21.8 Å². The maximum absolute atomic E-state index is 12.4. The molecule has 0 unspecified atom stereocenters. The van der Waals surface area contributed by atoms with Crippen LogP contribution in [0.1, 0.15) is 59.4 Å². The van der Waals surface area contributed by atoms with E-state index in [1.807, 2.05) is 6.07 Å². The van der Waals surface area contributed by atoms with Gasteiger partial charge in [-0.2, -0.15) is 0 Å². The molecule has 1 aromatic rings. The number of rotatable bonds is 12. The van der Waals surface area contributed by atoms with E-state index in [1.165, 1.54) is 5.56 Å². The first-order valence-corrected chi connectivity index (χ1v) is 11.8. The van der Waals surface area contributed by atoms with Gasteiger partial charge in [-0.1, -0.05) is 40.7 Å². The van der Waals surface area contributed by atoms with Crippen LogP contribution in [-0.4, -0.2) is 44.1 Å². The number of methoxy groups -OCH3 is 1. The summed E-state index contributed by atoms with van der Waals surface area (Å²) in [5.74, 6) is 1.25. The van der Waals surface area contributed by atoms with Crippen LogP contribution in [0.5, 0.6) is 5.75 Å². The maximum atomic E-state index is 12.4. The predicted octanol–water partition coefficient (Wildman–Crippen LogP) is 5.29. The van der Waals surface area contributed by atoms with Crippen LogP contribution >= 0.6 is 15.9 Å². The average molecular weight is 467 g/mol. The van der Waals surface area contributed by atoms with Gasteiger partial charge in [0, 0.05) is 19.0 Å². The molecule has 2 rings (SSSR count). The number of hydrogen-bond donors (Lipinski definition) is 1. The highest BCUT2D eigenvalue weighted by Gasteiger charge is 2.68. The van der Waals surface area contributed by atoms with Crippen LogP contribution in [-0.2, 0) is 11.2 Å². The van der Waals surface area contributed by atoms with Crippen LogP contribution in [0.3, 0.4) is 0 Å². The monoisotopic (exact) mass is 466 g/mol. The molecule has 4 nitrogen and oxygen atoms in total. The summed E-state index contributed by atoms with van der Waals surface area (Å²) < 4.78 is 6.32. The lowest BCUT2D eigenvalue weighted by Crippen LogP contribution is -2.30. The maximum Gasteiger partial charge on any atom is 0.224 e. The summed E-state index contributed by atoms with van der Waals surface area (Å²) in [6.45, 7) is 15.1. The summed E-state index contributed by atoms with van der Waals surface area (Å²) in [6, 6.07) is 6.32. The van der Waals surface area contributed by atoms with Crippen LogP contribution < -0.4 is 10.1 Å². The molecule has 0 aromatic heterocycles. The van der Waals surface area contributed by atoms with Gasteiger partial charge in [0.1, 0.15) is 5.75 Å². The van der Waals surface area contributed by atoms with E-state index in [9.17, 15) is 4.79 Å². The molecule has 1 fully saturated rings. The van der Waals surface area contributed by atoms with Crippen molar-refractivity contribution in [3.8, 4) is 5.75 Å². The molecule has 0 bridgehead atoms. The lowest BCUT2D eigenvalue weighted by Gasteiger charge is -2.22. The quantitative estimate of drug-likeness (QED) is 0.425. The van der Waals surface area contributed by atoms with Crippen LogP contribution in [0.2, 0.25) is 0 Å². The van der Waals surface area contributed by atoms with E-state index in [4.69, 9.17) is 4.74 Å². The minimum atomic E-state index is 0.117. The van der Waals surface area contributed by atoms with E-state index in [2.05, 4.69) is 72.9 Å². The fraction of sp³-hybridized carbons (Fsp3) is 0.708. The lowest BCUT2D eigenvalue weighted by molar-refractivity contribution is -0.123. The zero-order chi connectivity index (χ0) is 21.7.